The van der Waals surface area contributed by atoms with Crippen LogP contribution in [0.15, 0.2) is 48.7 Å². The van der Waals surface area contributed by atoms with Crippen LogP contribution in [0, 0.1) is 12.7 Å². The number of aryl methyl sites for hydroxylation is 1. The Labute approximate surface area is 143 Å². The molecular formula is C18H16FN3O3. The fourth-order valence-electron chi connectivity index (χ4n) is 2.33. The Morgan fingerprint density at radius 2 is 2.00 bits per heavy atom. The molecule has 2 aromatic heterocycles. The molecule has 0 spiro atoms. The Bertz CT molecular complexity index is 952. The minimum Gasteiger partial charge on any atom is -0.448 e. The molecule has 0 aliphatic rings. The van der Waals surface area contributed by atoms with Crippen molar-refractivity contribution in [2.75, 3.05) is 5.32 Å². The third-order valence-corrected chi connectivity index (χ3v) is 3.65. The van der Waals surface area contributed by atoms with Crippen molar-refractivity contribution in [3.8, 4) is 0 Å². The molecule has 0 aliphatic heterocycles. The maximum absolute atomic E-state index is 13.1. The summed E-state index contributed by atoms with van der Waals surface area (Å²) < 4.78 is 20.0. The Morgan fingerprint density at radius 3 is 2.72 bits per heavy atom. The molecule has 1 aromatic carbocycles. The van der Waals surface area contributed by atoms with E-state index >= 15 is 0 Å². The van der Waals surface area contributed by atoms with Gasteiger partial charge in [0.15, 0.2) is 11.8 Å². The van der Waals surface area contributed by atoms with E-state index in [2.05, 4.69) is 10.3 Å². The molecule has 7 heteroatoms. The fraction of sp³-hybridized carbons (Fsp3) is 0.167. The summed E-state index contributed by atoms with van der Waals surface area (Å²) in [6.45, 7) is 3.33. The molecule has 6 nitrogen and oxygen atoms in total. The highest BCUT2D eigenvalue weighted by Gasteiger charge is 2.21. The van der Waals surface area contributed by atoms with Crippen LogP contribution in [-0.4, -0.2) is 27.4 Å². The number of ether oxygens (including phenoxy) is 1. The number of hydrogen-bond acceptors (Lipinski definition) is 4. The van der Waals surface area contributed by atoms with Gasteiger partial charge >= 0.3 is 5.97 Å². The molecule has 0 unspecified atom stereocenters. The number of pyridine rings is 1. The lowest BCUT2D eigenvalue weighted by Gasteiger charge is -2.12. The Balaban J connectivity index is 1.68. The van der Waals surface area contributed by atoms with Crippen LogP contribution >= 0.6 is 0 Å². The summed E-state index contributed by atoms with van der Waals surface area (Å²) in [6.07, 6.45) is 0.506. The molecule has 25 heavy (non-hydrogen) atoms. The summed E-state index contributed by atoms with van der Waals surface area (Å²) >= 11 is 0. The van der Waals surface area contributed by atoms with E-state index in [1.807, 2.05) is 19.1 Å². The number of esters is 1. The average molecular weight is 341 g/mol. The van der Waals surface area contributed by atoms with Crippen molar-refractivity contribution in [3.63, 3.8) is 0 Å². The second-order valence-electron chi connectivity index (χ2n) is 5.57. The maximum Gasteiger partial charge on any atom is 0.359 e. The highest BCUT2D eigenvalue weighted by molar-refractivity contribution is 5.96. The molecule has 128 valence electrons. The van der Waals surface area contributed by atoms with Crippen molar-refractivity contribution in [2.24, 2.45) is 0 Å². The van der Waals surface area contributed by atoms with Gasteiger partial charge in [0.25, 0.3) is 5.91 Å². The molecule has 1 atom stereocenters. The molecule has 0 bridgehead atoms. The molecule has 0 saturated heterocycles. The van der Waals surface area contributed by atoms with Crippen LogP contribution in [-0.2, 0) is 9.53 Å². The Kier molecular flexibility index (Phi) is 4.47. The summed E-state index contributed by atoms with van der Waals surface area (Å²) in [5.74, 6) is -1.73. The van der Waals surface area contributed by atoms with Crippen molar-refractivity contribution in [2.45, 2.75) is 20.0 Å². The van der Waals surface area contributed by atoms with Crippen LogP contribution in [0.25, 0.3) is 5.65 Å². The van der Waals surface area contributed by atoms with Crippen molar-refractivity contribution in [3.05, 3.63) is 65.9 Å². The van der Waals surface area contributed by atoms with E-state index in [1.165, 1.54) is 25.1 Å². The van der Waals surface area contributed by atoms with Gasteiger partial charge in [-0.3, -0.25) is 4.79 Å². The molecule has 3 rings (SSSR count). The zero-order valence-corrected chi connectivity index (χ0v) is 13.7. The third kappa shape index (κ3) is 3.65. The molecule has 0 saturated carbocycles. The summed E-state index contributed by atoms with van der Waals surface area (Å²) in [5, 5.41) is 2.49. The number of aromatic nitrogens is 2. The molecule has 1 N–H and O–H groups in total. The topological polar surface area (TPSA) is 72.7 Å². The van der Waals surface area contributed by atoms with Gasteiger partial charge in [-0.1, -0.05) is 12.1 Å². The van der Waals surface area contributed by atoms with E-state index in [9.17, 15) is 14.0 Å². The van der Waals surface area contributed by atoms with Gasteiger partial charge in [-0.15, -0.1) is 0 Å². The average Bonchev–Trinajstić information content (AvgIpc) is 3.00. The number of rotatable bonds is 4. The highest BCUT2D eigenvalue weighted by Crippen LogP contribution is 2.12. The lowest BCUT2D eigenvalue weighted by Crippen LogP contribution is -2.30. The molecule has 1 amide bonds. The van der Waals surface area contributed by atoms with Gasteiger partial charge in [0.1, 0.15) is 11.5 Å². The number of carbonyl (C=O) groups is 2. The monoisotopic (exact) mass is 341 g/mol. The number of nitrogens with zero attached hydrogens (tertiary/aromatic N) is 2. The first-order valence-electron chi connectivity index (χ1n) is 7.66. The lowest BCUT2D eigenvalue weighted by molar-refractivity contribution is -0.123. The number of anilines is 1. The van der Waals surface area contributed by atoms with E-state index in [4.69, 9.17) is 4.74 Å². The quantitative estimate of drug-likeness (QED) is 0.741. The Hall–Kier alpha value is -3.22. The largest absolute Gasteiger partial charge is 0.448 e. The van der Waals surface area contributed by atoms with Crippen LogP contribution in [0.2, 0.25) is 0 Å². The van der Waals surface area contributed by atoms with E-state index in [0.717, 1.165) is 5.69 Å². The number of hydrogen-bond donors (Lipinski definition) is 1. The first-order chi connectivity index (χ1) is 11.9. The Morgan fingerprint density at radius 1 is 1.24 bits per heavy atom. The zero-order chi connectivity index (χ0) is 18.0. The van der Waals surface area contributed by atoms with E-state index in [-0.39, 0.29) is 11.4 Å². The number of nitrogens with one attached hydrogen (secondary N) is 1. The molecule has 0 radical (unpaired) electrons. The number of amides is 1. The van der Waals surface area contributed by atoms with Crippen LogP contribution in [0.1, 0.15) is 23.1 Å². The molecule has 3 aromatic rings. The number of carbonyl (C=O) groups excluding carboxylic acids is 2. The number of benzene rings is 1. The standard InChI is InChI=1S/C18H16FN3O3/c1-11-5-3-8-16-21-15(10-22(11)16)18(24)25-12(2)17(23)20-14-7-4-6-13(19)9-14/h3-10,12H,1-2H3,(H,20,23)/t12-/m0/s1. The summed E-state index contributed by atoms with van der Waals surface area (Å²) in [7, 11) is 0. The van der Waals surface area contributed by atoms with Gasteiger partial charge < -0.3 is 14.5 Å². The van der Waals surface area contributed by atoms with Crippen LogP contribution in [0.5, 0.6) is 0 Å². The summed E-state index contributed by atoms with van der Waals surface area (Å²) in [5.41, 5.74) is 1.93. The van der Waals surface area contributed by atoms with Gasteiger partial charge in [-0.2, -0.15) is 0 Å². The van der Waals surface area contributed by atoms with Crippen molar-refractivity contribution < 1.29 is 18.7 Å². The van der Waals surface area contributed by atoms with E-state index < -0.39 is 23.8 Å². The molecule has 2 heterocycles. The number of imidazole rings is 1. The SMILES string of the molecule is Cc1cccc2nc(C(=O)O[C@@H](C)C(=O)Nc3cccc(F)c3)cn12. The first kappa shape index (κ1) is 16.6. The highest BCUT2D eigenvalue weighted by atomic mass is 19.1. The minimum absolute atomic E-state index is 0.111. The predicted molar refractivity (Wildman–Crippen MR) is 89.8 cm³/mol. The minimum atomic E-state index is -1.05. The normalized spacial score (nSPS) is 12.0. The zero-order valence-electron chi connectivity index (χ0n) is 13.7. The van der Waals surface area contributed by atoms with Crippen molar-refractivity contribution in [1.29, 1.82) is 0 Å². The smallest absolute Gasteiger partial charge is 0.359 e. The van der Waals surface area contributed by atoms with Gasteiger partial charge in [-0.05, 0) is 44.2 Å². The van der Waals surface area contributed by atoms with E-state index in [0.29, 0.717) is 5.65 Å². The third-order valence-electron chi connectivity index (χ3n) is 3.65. The second-order valence-corrected chi connectivity index (χ2v) is 5.57. The van der Waals surface area contributed by atoms with E-state index in [1.54, 1.807) is 22.7 Å². The predicted octanol–water partition coefficient (Wildman–Crippen LogP) is 2.97. The first-order valence-corrected chi connectivity index (χ1v) is 7.66. The van der Waals surface area contributed by atoms with Gasteiger partial charge in [0, 0.05) is 17.6 Å². The number of fused-ring (bicyclic) bond motifs is 1. The van der Waals surface area contributed by atoms with Crippen molar-refractivity contribution >= 4 is 23.2 Å². The molecule has 0 aliphatic carbocycles. The lowest BCUT2D eigenvalue weighted by atomic mass is 10.3. The maximum atomic E-state index is 13.1. The molecular weight excluding hydrogens is 325 g/mol. The second kappa shape index (κ2) is 6.72. The van der Waals surface area contributed by atoms with Gasteiger partial charge in [-0.25, -0.2) is 14.2 Å². The summed E-state index contributed by atoms with van der Waals surface area (Å²) in [4.78, 5) is 28.5. The number of halogens is 1. The van der Waals surface area contributed by atoms with Crippen LogP contribution in [0.4, 0.5) is 10.1 Å². The van der Waals surface area contributed by atoms with Crippen LogP contribution in [0.3, 0.4) is 0 Å². The van der Waals surface area contributed by atoms with Crippen molar-refractivity contribution in [1.82, 2.24) is 9.38 Å². The summed E-state index contributed by atoms with van der Waals surface area (Å²) in [6, 6.07) is 11.0. The fourth-order valence-corrected chi connectivity index (χ4v) is 2.33. The van der Waals surface area contributed by atoms with Crippen LogP contribution < -0.4 is 5.32 Å². The van der Waals surface area contributed by atoms with Gasteiger partial charge in [0.2, 0.25) is 0 Å². The molecule has 0 fully saturated rings. The van der Waals surface area contributed by atoms with Gasteiger partial charge in [0.05, 0.1) is 0 Å².